The van der Waals surface area contributed by atoms with E-state index in [1.807, 2.05) is 0 Å². The van der Waals surface area contributed by atoms with Crippen LogP contribution in [0.15, 0.2) is 12.1 Å². The van der Waals surface area contributed by atoms with Gasteiger partial charge in [-0.25, -0.2) is 53.7 Å². The van der Waals surface area contributed by atoms with Crippen molar-refractivity contribution in [1.29, 1.82) is 0 Å². The Morgan fingerprint density at radius 1 is 0.581 bits per heavy atom. The smallest absolute Gasteiger partial charge is 0.337 e. The van der Waals surface area contributed by atoms with E-state index in [4.69, 9.17) is 5.11 Å². The lowest BCUT2D eigenvalue weighted by Crippen LogP contribution is -2.10. The highest BCUT2D eigenvalue weighted by molar-refractivity contribution is 5.95. The van der Waals surface area contributed by atoms with Gasteiger partial charge in [0.15, 0.2) is 46.5 Å². The molecule has 1 N–H and O–H groups in total. The topological polar surface area (TPSA) is 50.2 Å². The Bertz CT molecular complexity index is 1220. The van der Waals surface area contributed by atoms with Crippen LogP contribution < -0.4 is 0 Å². The molecule has 0 saturated carbocycles. The number of rotatable bonds is 3. The van der Waals surface area contributed by atoms with E-state index in [1.54, 1.807) is 0 Å². The van der Waals surface area contributed by atoms with Gasteiger partial charge in [0.1, 0.15) is 0 Å². The third-order valence-electron chi connectivity index (χ3n) is 4.04. The highest BCUT2D eigenvalue weighted by atomic mass is 19.2. The van der Waals surface area contributed by atoms with Crippen LogP contribution in [0.3, 0.4) is 0 Å². The van der Waals surface area contributed by atoms with Crippen molar-refractivity contribution in [2.75, 3.05) is 0 Å². The highest BCUT2D eigenvalue weighted by Gasteiger charge is 2.32. The second-order valence-corrected chi connectivity index (χ2v) is 5.79. The Kier molecular flexibility index (Phi) is 5.38. The van der Waals surface area contributed by atoms with Gasteiger partial charge in [0.05, 0.1) is 28.1 Å². The van der Waals surface area contributed by atoms with Crippen molar-refractivity contribution in [1.82, 2.24) is 4.98 Å². The van der Waals surface area contributed by atoms with Crippen LogP contribution in [-0.4, -0.2) is 16.1 Å². The summed E-state index contributed by atoms with van der Waals surface area (Å²) >= 11 is 0. The zero-order chi connectivity index (χ0) is 23.4. The largest absolute Gasteiger partial charge is 0.478 e. The Balaban J connectivity index is 2.45. The molecule has 0 atom stereocenters. The number of benzene rings is 2. The quantitative estimate of drug-likeness (QED) is 0.322. The maximum atomic E-state index is 14.1. The Morgan fingerprint density at radius 2 is 0.935 bits per heavy atom. The van der Waals surface area contributed by atoms with E-state index in [-0.39, 0.29) is 0 Å². The molecule has 0 aliphatic heterocycles. The summed E-state index contributed by atoms with van der Waals surface area (Å²) in [5.74, 6) is -26.9. The molecule has 0 saturated heterocycles. The summed E-state index contributed by atoms with van der Waals surface area (Å²) < 4.78 is 137. The molecule has 0 aliphatic carbocycles. The summed E-state index contributed by atoms with van der Waals surface area (Å²) in [5.41, 5.74) is -7.56. The van der Waals surface area contributed by atoms with E-state index in [0.29, 0.717) is 12.1 Å². The average molecular weight is 455 g/mol. The number of hydrogen-bond donors (Lipinski definition) is 1. The molecule has 0 amide bonds. The van der Waals surface area contributed by atoms with Crippen LogP contribution in [0.25, 0.3) is 22.5 Å². The molecule has 2 aromatic carbocycles. The zero-order valence-electron chi connectivity index (χ0n) is 14.2. The number of hydrogen-bond acceptors (Lipinski definition) is 2. The number of nitrogens with zero attached hydrogens (tertiary/aromatic N) is 1. The van der Waals surface area contributed by atoms with Crippen LogP contribution in [0.4, 0.5) is 43.9 Å². The minimum absolute atomic E-state index is 0.371. The molecule has 0 unspecified atom stereocenters. The second-order valence-electron chi connectivity index (χ2n) is 5.79. The molecule has 0 fully saturated rings. The van der Waals surface area contributed by atoms with Gasteiger partial charge in [-0.3, -0.25) is 0 Å². The Morgan fingerprint density at radius 3 is 1.32 bits per heavy atom. The number of aromatic nitrogens is 1. The number of carbonyl (C=O) groups is 1. The number of pyridine rings is 1. The van der Waals surface area contributed by atoms with Gasteiger partial charge in [-0.2, -0.15) is 0 Å². The van der Waals surface area contributed by atoms with Gasteiger partial charge in [0.2, 0.25) is 11.6 Å². The van der Waals surface area contributed by atoms with Gasteiger partial charge in [-0.05, 0) is 12.1 Å². The van der Waals surface area contributed by atoms with Crippen molar-refractivity contribution in [3.05, 3.63) is 75.9 Å². The maximum Gasteiger partial charge on any atom is 0.337 e. The first kappa shape index (κ1) is 22.1. The average Bonchev–Trinajstić information content (AvgIpc) is 2.73. The zero-order valence-corrected chi connectivity index (χ0v) is 14.2. The van der Waals surface area contributed by atoms with Crippen LogP contribution >= 0.6 is 0 Å². The van der Waals surface area contributed by atoms with E-state index in [1.165, 1.54) is 0 Å². The molecule has 1 aromatic heterocycles. The molecule has 31 heavy (non-hydrogen) atoms. The fourth-order valence-electron chi connectivity index (χ4n) is 2.60. The van der Waals surface area contributed by atoms with Crippen molar-refractivity contribution >= 4 is 5.97 Å². The number of carboxylic acid groups (broad SMARTS) is 1. The van der Waals surface area contributed by atoms with Gasteiger partial charge in [0.25, 0.3) is 0 Å². The maximum absolute atomic E-state index is 14.1. The lowest BCUT2D eigenvalue weighted by Gasteiger charge is -2.13. The van der Waals surface area contributed by atoms with Gasteiger partial charge in [0, 0.05) is 0 Å². The predicted molar refractivity (Wildman–Crippen MR) is 81.6 cm³/mol. The Hall–Kier alpha value is -3.64. The number of halogens is 10. The first-order chi connectivity index (χ1) is 14.4. The molecular weight excluding hydrogens is 452 g/mol. The first-order valence-electron chi connectivity index (χ1n) is 7.68. The van der Waals surface area contributed by atoms with Crippen molar-refractivity contribution in [3.8, 4) is 22.5 Å². The number of carboxylic acids is 1. The van der Waals surface area contributed by atoms with E-state index in [0.717, 1.165) is 0 Å². The third kappa shape index (κ3) is 3.25. The molecule has 0 radical (unpaired) electrons. The summed E-state index contributed by atoms with van der Waals surface area (Å²) in [7, 11) is 0. The molecule has 3 nitrogen and oxygen atoms in total. The second kappa shape index (κ2) is 7.56. The molecule has 0 bridgehead atoms. The highest BCUT2D eigenvalue weighted by Crippen LogP contribution is 2.36. The van der Waals surface area contributed by atoms with E-state index >= 15 is 0 Å². The summed E-state index contributed by atoms with van der Waals surface area (Å²) in [4.78, 5) is 14.5. The molecule has 162 valence electrons. The minimum atomic E-state index is -2.59. The lowest BCUT2D eigenvalue weighted by atomic mass is 10.0. The molecule has 3 aromatic rings. The van der Waals surface area contributed by atoms with Gasteiger partial charge in [-0.1, -0.05) is 0 Å². The van der Waals surface area contributed by atoms with Crippen molar-refractivity contribution in [2.45, 2.75) is 0 Å². The van der Waals surface area contributed by atoms with E-state index in [9.17, 15) is 48.7 Å². The molecule has 0 aliphatic rings. The van der Waals surface area contributed by atoms with Crippen LogP contribution in [0.1, 0.15) is 10.4 Å². The van der Waals surface area contributed by atoms with Crippen LogP contribution in [-0.2, 0) is 0 Å². The van der Waals surface area contributed by atoms with Crippen molar-refractivity contribution in [2.24, 2.45) is 0 Å². The fraction of sp³-hybridized carbons (Fsp3) is 0. The standard InChI is InChI=1S/C18H3F10NO2/c19-7-5(8(20)12(24)15(27)11(7)23)4-2-1-3(18(30)31)17(29-4)6-9(21)13(25)16(28)14(26)10(6)22/h1-2H,(H,30,31). The van der Waals surface area contributed by atoms with Gasteiger partial charge >= 0.3 is 5.97 Å². The molecule has 13 heteroatoms. The van der Waals surface area contributed by atoms with E-state index < -0.39 is 92.2 Å². The van der Waals surface area contributed by atoms with Crippen molar-refractivity contribution in [3.63, 3.8) is 0 Å². The van der Waals surface area contributed by atoms with Gasteiger partial charge < -0.3 is 5.11 Å². The summed E-state index contributed by atoms with van der Waals surface area (Å²) in [6.45, 7) is 0. The van der Waals surface area contributed by atoms with Crippen LogP contribution in [0, 0.1) is 58.2 Å². The third-order valence-corrected chi connectivity index (χ3v) is 4.04. The summed E-state index contributed by atoms with van der Waals surface area (Å²) in [6.07, 6.45) is 0. The fourth-order valence-corrected chi connectivity index (χ4v) is 2.60. The molecular formula is C18H3F10NO2. The monoisotopic (exact) mass is 455 g/mol. The number of aromatic carboxylic acids is 1. The van der Waals surface area contributed by atoms with Crippen LogP contribution in [0.5, 0.6) is 0 Å². The predicted octanol–water partition coefficient (Wildman–Crippen LogP) is 5.50. The van der Waals surface area contributed by atoms with E-state index in [2.05, 4.69) is 4.98 Å². The lowest BCUT2D eigenvalue weighted by molar-refractivity contribution is 0.0697. The molecule has 3 rings (SSSR count). The minimum Gasteiger partial charge on any atom is -0.478 e. The normalized spacial score (nSPS) is 11.2. The summed E-state index contributed by atoms with van der Waals surface area (Å²) in [5, 5.41) is 9.13. The van der Waals surface area contributed by atoms with Crippen LogP contribution in [0.2, 0.25) is 0 Å². The van der Waals surface area contributed by atoms with Crippen molar-refractivity contribution < 1.29 is 53.8 Å². The molecule has 0 spiro atoms. The SMILES string of the molecule is O=C(O)c1ccc(-c2c(F)c(F)c(F)c(F)c2F)nc1-c1c(F)c(F)c(F)c(F)c1F. The summed E-state index contributed by atoms with van der Waals surface area (Å²) in [6, 6.07) is 0.785. The Labute approximate surface area is 164 Å². The first-order valence-corrected chi connectivity index (χ1v) is 7.68. The van der Waals surface area contributed by atoms with Gasteiger partial charge in [-0.15, -0.1) is 0 Å². The molecule has 1 heterocycles.